The van der Waals surface area contributed by atoms with Crippen LogP contribution >= 0.6 is 0 Å². The second kappa shape index (κ2) is 9.40. The normalized spacial score (nSPS) is 19.5. The summed E-state index contributed by atoms with van der Waals surface area (Å²) in [4.78, 5) is 31.1. The molecule has 1 aromatic carbocycles. The van der Waals surface area contributed by atoms with Gasteiger partial charge >= 0.3 is 6.18 Å². The highest BCUT2D eigenvalue weighted by Crippen LogP contribution is 2.31. The first-order valence-electron chi connectivity index (χ1n) is 11.7. The first-order valence-corrected chi connectivity index (χ1v) is 11.7. The average Bonchev–Trinajstić information content (AvgIpc) is 3.14. The quantitative estimate of drug-likeness (QED) is 0.591. The standard InChI is InChI=1S/C24H29F5N4O2/c1-30(2)18-5-9-31(10-6-18)21(34)16-3-4-19-17(13-16)14-20(33(19)15-24(27,28)29)22(35)32-11-7-23(25,26)8-12-32/h3-4,13-14,18H,5-12,15H2,1-2H3. The highest BCUT2D eigenvalue weighted by atomic mass is 19.4. The second-order valence-electron chi connectivity index (χ2n) is 9.64. The van der Waals surface area contributed by atoms with Gasteiger partial charge in [0.2, 0.25) is 0 Å². The van der Waals surface area contributed by atoms with Gasteiger partial charge in [-0.3, -0.25) is 9.59 Å². The van der Waals surface area contributed by atoms with Crippen molar-refractivity contribution in [3.63, 3.8) is 0 Å². The molecule has 4 rings (SSSR count). The predicted molar refractivity (Wildman–Crippen MR) is 121 cm³/mol. The molecule has 2 aliphatic heterocycles. The molecule has 0 N–H and O–H groups in total. The maximum absolute atomic E-state index is 13.5. The Morgan fingerprint density at radius 2 is 1.57 bits per heavy atom. The van der Waals surface area contributed by atoms with Gasteiger partial charge in [-0.1, -0.05) is 0 Å². The van der Waals surface area contributed by atoms with Crippen molar-refractivity contribution in [2.45, 2.75) is 50.4 Å². The van der Waals surface area contributed by atoms with Gasteiger partial charge in [-0.2, -0.15) is 13.2 Å². The summed E-state index contributed by atoms with van der Waals surface area (Å²) in [6.07, 6.45) is -3.99. The van der Waals surface area contributed by atoms with Crippen molar-refractivity contribution >= 4 is 22.7 Å². The van der Waals surface area contributed by atoms with Gasteiger partial charge in [0.25, 0.3) is 17.7 Å². The minimum Gasteiger partial charge on any atom is -0.339 e. The summed E-state index contributed by atoms with van der Waals surface area (Å²) in [5.74, 6) is -3.82. The largest absolute Gasteiger partial charge is 0.406 e. The van der Waals surface area contributed by atoms with Gasteiger partial charge in [-0.25, -0.2) is 8.78 Å². The molecule has 0 radical (unpaired) electrons. The molecular formula is C24H29F5N4O2. The monoisotopic (exact) mass is 500 g/mol. The van der Waals surface area contributed by atoms with Crippen LogP contribution in [0.25, 0.3) is 10.9 Å². The highest BCUT2D eigenvalue weighted by molar-refractivity contribution is 6.02. The fraction of sp³-hybridized carbons (Fsp3) is 0.583. The number of aromatic nitrogens is 1. The van der Waals surface area contributed by atoms with E-state index in [0.717, 1.165) is 17.4 Å². The molecule has 35 heavy (non-hydrogen) atoms. The zero-order valence-corrected chi connectivity index (χ0v) is 19.7. The summed E-state index contributed by atoms with van der Waals surface area (Å²) >= 11 is 0. The fourth-order valence-electron chi connectivity index (χ4n) is 4.90. The molecule has 2 amide bonds. The van der Waals surface area contributed by atoms with E-state index >= 15 is 0 Å². The zero-order chi connectivity index (χ0) is 25.5. The highest BCUT2D eigenvalue weighted by Gasteiger charge is 2.38. The number of benzene rings is 1. The molecule has 2 aromatic rings. The summed E-state index contributed by atoms with van der Waals surface area (Å²) in [5, 5.41) is 0.328. The number of fused-ring (bicyclic) bond motifs is 1. The summed E-state index contributed by atoms with van der Waals surface area (Å²) in [5.41, 5.74) is 0.274. The van der Waals surface area contributed by atoms with E-state index in [2.05, 4.69) is 4.90 Å². The molecule has 2 aliphatic rings. The lowest BCUT2D eigenvalue weighted by atomic mass is 10.0. The Hall–Kier alpha value is -2.69. The van der Waals surface area contributed by atoms with Gasteiger partial charge in [0, 0.05) is 61.5 Å². The lowest BCUT2D eigenvalue weighted by molar-refractivity contribution is -0.140. The van der Waals surface area contributed by atoms with E-state index in [-0.39, 0.29) is 30.2 Å². The van der Waals surface area contributed by atoms with Gasteiger partial charge in [0.1, 0.15) is 12.2 Å². The SMILES string of the molecule is CN(C)C1CCN(C(=O)c2ccc3c(c2)cc(C(=O)N2CCC(F)(F)CC2)n3CC(F)(F)F)CC1. The Morgan fingerprint density at radius 1 is 0.971 bits per heavy atom. The number of piperidine rings is 2. The number of rotatable bonds is 4. The number of hydrogen-bond donors (Lipinski definition) is 0. The molecule has 0 spiro atoms. The smallest absolute Gasteiger partial charge is 0.339 e. The van der Waals surface area contributed by atoms with Crippen LogP contribution in [0.3, 0.4) is 0 Å². The summed E-state index contributed by atoms with van der Waals surface area (Å²) in [6.45, 7) is -0.693. The van der Waals surface area contributed by atoms with E-state index in [0.29, 0.717) is 30.1 Å². The summed E-state index contributed by atoms with van der Waals surface area (Å²) < 4.78 is 68.0. The maximum Gasteiger partial charge on any atom is 0.406 e. The van der Waals surface area contributed by atoms with Crippen LogP contribution in [0.1, 0.15) is 46.5 Å². The first-order chi connectivity index (χ1) is 16.3. The number of halogens is 5. The van der Waals surface area contributed by atoms with Crippen molar-refractivity contribution in [1.29, 1.82) is 0 Å². The van der Waals surface area contributed by atoms with E-state index < -0.39 is 37.4 Å². The van der Waals surface area contributed by atoms with Crippen molar-refractivity contribution in [2.24, 2.45) is 0 Å². The molecule has 192 valence electrons. The van der Waals surface area contributed by atoms with Crippen LogP contribution < -0.4 is 0 Å². The van der Waals surface area contributed by atoms with Crippen molar-refractivity contribution in [1.82, 2.24) is 19.3 Å². The summed E-state index contributed by atoms with van der Waals surface area (Å²) in [7, 11) is 3.99. The van der Waals surface area contributed by atoms with E-state index in [1.165, 1.54) is 29.2 Å². The Kier molecular flexibility index (Phi) is 6.82. The number of carbonyl (C=O) groups excluding carboxylic acids is 2. The third kappa shape index (κ3) is 5.60. The van der Waals surface area contributed by atoms with Gasteiger partial charge in [-0.05, 0) is 51.2 Å². The molecule has 0 saturated carbocycles. The minimum atomic E-state index is -4.60. The van der Waals surface area contributed by atoms with Crippen molar-refractivity contribution in [3.8, 4) is 0 Å². The molecule has 1 aromatic heterocycles. The Balaban J connectivity index is 1.62. The van der Waals surface area contributed by atoms with Crippen LogP contribution in [0.15, 0.2) is 24.3 Å². The summed E-state index contributed by atoms with van der Waals surface area (Å²) in [6, 6.07) is 6.11. The number of alkyl halides is 5. The number of likely N-dealkylation sites (tertiary alicyclic amines) is 2. The number of amides is 2. The fourth-order valence-corrected chi connectivity index (χ4v) is 4.90. The van der Waals surface area contributed by atoms with Gasteiger partial charge in [0.15, 0.2) is 0 Å². The van der Waals surface area contributed by atoms with Crippen molar-refractivity contribution in [2.75, 3.05) is 40.3 Å². The Bertz CT molecular complexity index is 1090. The van der Waals surface area contributed by atoms with E-state index in [1.807, 2.05) is 14.1 Å². The van der Waals surface area contributed by atoms with Gasteiger partial charge in [-0.15, -0.1) is 0 Å². The predicted octanol–water partition coefficient (Wildman–Crippen LogP) is 4.24. The van der Waals surface area contributed by atoms with E-state index in [4.69, 9.17) is 0 Å². The maximum atomic E-state index is 13.5. The Labute approximate surface area is 200 Å². The van der Waals surface area contributed by atoms with Crippen LogP contribution in [-0.2, 0) is 6.54 Å². The van der Waals surface area contributed by atoms with Crippen LogP contribution in [0, 0.1) is 0 Å². The molecule has 2 saturated heterocycles. The molecule has 0 aliphatic carbocycles. The van der Waals surface area contributed by atoms with Gasteiger partial charge < -0.3 is 19.3 Å². The van der Waals surface area contributed by atoms with Gasteiger partial charge in [0.05, 0.1) is 0 Å². The second-order valence-corrected chi connectivity index (χ2v) is 9.64. The van der Waals surface area contributed by atoms with Crippen LogP contribution in [-0.4, -0.2) is 89.5 Å². The van der Waals surface area contributed by atoms with Crippen molar-refractivity contribution in [3.05, 3.63) is 35.5 Å². The van der Waals surface area contributed by atoms with Crippen LogP contribution in [0.2, 0.25) is 0 Å². The Morgan fingerprint density at radius 3 is 2.14 bits per heavy atom. The van der Waals surface area contributed by atoms with Crippen LogP contribution in [0.5, 0.6) is 0 Å². The third-order valence-electron chi connectivity index (χ3n) is 6.97. The lowest BCUT2D eigenvalue weighted by Crippen LogP contribution is -2.44. The molecule has 6 nitrogen and oxygen atoms in total. The van der Waals surface area contributed by atoms with Crippen LogP contribution in [0.4, 0.5) is 22.0 Å². The minimum absolute atomic E-state index is 0.163. The average molecular weight is 501 g/mol. The number of hydrogen-bond acceptors (Lipinski definition) is 3. The molecule has 0 bridgehead atoms. The zero-order valence-electron chi connectivity index (χ0n) is 19.7. The first kappa shape index (κ1) is 25.4. The van der Waals surface area contributed by atoms with Crippen molar-refractivity contribution < 1.29 is 31.5 Å². The molecule has 11 heteroatoms. The topological polar surface area (TPSA) is 48.8 Å². The number of nitrogens with zero attached hydrogens (tertiary/aromatic N) is 4. The third-order valence-corrected chi connectivity index (χ3v) is 6.97. The van der Waals surface area contributed by atoms with E-state index in [1.54, 1.807) is 4.90 Å². The molecule has 2 fully saturated rings. The molecule has 3 heterocycles. The lowest BCUT2D eigenvalue weighted by Gasteiger charge is -2.35. The van der Waals surface area contributed by atoms with E-state index in [9.17, 15) is 31.5 Å². The molecule has 0 atom stereocenters. The molecular weight excluding hydrogens is 471 g/mol. The number of carbonyl (C=O) groups is 2. The molecule has 0 unspecified atom stereocenters.